The molecule has 2 aliphatic rings. The van der Waals surface area contributed by atoms with Crippen molar-refractivity contribution < 1.29 is 9.13 Å². The first-order valence-corrected chi connectivity index (χ1v) is 5.78. The van der Waals surface area contributed by atoms with Crippen molar-refractivity contribution in [2.45, 2.75) is 37.8 Å². The lowest BCUT2D eigenvalue weighted by molar-refractivity contribution is -0.00614. The molecule has 0 amide bonds. The third kappa shape index (κ3) is 2.67. The van der Waals surface area contributed by atoms with E-state index >= 15 is 0 Å². The summed E-state index contributed by atoms with van der Waals surface area (Å²) in [4.78, 5) is 2.22. The molecule has 0 unspecified atom stereocenters. The van der Waals surface area contributed by atoms with Crippen molar-refractivity contribution in [2.75, 3.05) is 32.8 Å². The molecule has 1 saturated heterocycles. The highest BCUT2D eigenvalue weighted by molar-refractivity contribution is 4.86. The molecule has 2 fully saturated rings. The van der Waals surface area contributed by atoms with Gasteiger partial charge in [0, 0.05) is 19.6 Å². The molecular formula is C11H20FNO. The highest BCUT2D eigenvalue weighted by Gasteiger charge is 2.33. The topological polar surface area (TPSA) is 12.5 Å². The van der Waals surface area contributed by atoms with Crippen molar-refractivity contribution in [1.82, 2.24) is 4.90 Å². The van der Waals surface area contributed by atoms with E-state index < -0.39 is 5.67 Å². The Morgan fingerprint density at radius 2 is 1.71 bits per heavy atom. The monoisotopic (exact) mass is 201 g/mol. The Bertz CT molecular complexity index is 174. The predicted molar refractivity (Wildman–Crippen MR) is 54.2 cm³/mol. The van der Waals surface area contributed by atoms with Crippen molar-refractivity contribution in [2.24, 2.45) is 0 Å². The maximum Gasteiger partial charge on any atom is 0.123 e. The molecule has 0 aromatic heterocycles. The van der Waals surface area contributed by atoms with E-state index in [1.807, 2.05) is 0 Å². The fraction of sp³-hybridized carbons (Fsp3) is 1.00. The van der Waals surface area contributed by atoms with Gasteiger partial charge in [0.05, 0.1) is 13.2 Å². The van der Waals surface area contributed by atoms with Gasteiger partial charge in [-0.2, -0.15) is 0 Å². The summed E-state index contributed by atoms with van der Waals surface area (Å²) in [5.74, 6) is 0. The highest BCUT2D eigenvalue weighted by Crippen LogP contribution is 2.32. The smallest absolute Gasteiger partial charge is 0.123 e. The first-order valence-electron chi connectivity index (χ1n) is 5.78. The molecule has 82 valence electrons. The molecule has 1 saturated carbocycles. The van der Waals surface area contributed by atoms with Crippen molar-refractivity contribution in [3.8, 4) is 0 Å². The van der Waals surface area contributed by atoms with E-state index in [0.717, 1.165) is 52.0 Å². The van der Waals surface area contributed by atoms with Crippen LogP contribution in [0.4, 0.5) is 4.39 Å². The second-order valence-electron chi connectivity index (χ2n) is 4.60. The van der Waals surface area contributed by atoms with Crippen LogP contribution in [0.5, 0.6) is 0 Å². The summed E-state index contributed by atoms with van der Waals surface area (Å²) in [6.07, 6.45) is 4.89. The van der Waals surface area contributed by atoms with Gasteiger partial charge in [-0.05, 0) is 12.8 Å². The van der Waals surface area contributed by atoms with Gasteiger partial charge < -0.3 is 4.74 Å². The van der Waals surface area contributed by atoms with E-state index in [1.165, 1.54) is 6.42 Å². The number of ether oxygens (including phenoxy) is 1. The summed E-state index contributed by atoms with van der Waals surface area (Å²) < 4.78 is 19.5. The molecule has 0 N–H and O–H groups in total. The average molecular weight is 201 g/mol. The fourth-order valence-electron chi connectivity index (χ4n) is 2.50. The van der Waals surface area contributed by atoms with Gasteiger partial charge in [-0.25, -0.2) is 4.39 Å². The second kappa shape index (κ2) is 4.58. The van der Waals surface area contributed by atoms with E-state index in [2.05, 4.69) is 4.90 Å². The molecule has 0 bridgehead atoms. The molecule has 2 nitrogen and oxygen atoms in total. The fourth-order valence-corrected chi connectivity index (χ4v) is 2.50. The summed E-state index contributed by atoms with van der Waals surface area (Å²) in [7, 11) is 0. The van der Waals surface area contributed by atoms with Gasteiger partial charge in [0.15, 0.2) is 0 Å². The Balaban J connectivity index is 1.81. The molecule has 2 rings (SSSR count). The lowest BCUT2D eigenvalue weighted by Crippen LogP contribution is -2.46. The van der Waals surface area contributed by atoms with Crippen LogP contribution in [0.2, 0.25) is 0 Å². The minimum Gasteiger partial charge on any atom is -0.379 e. The molecular weight excluding hydrogens is 181 g/mol. The van der Waals surface area contributed by atoms with Crippen molar-refractivity contribution >= 4 is 0 Å². The third-order valence-electron chi connectivity index (χ3n) is 3.36. The molecule has 0 radical (unpaired) electrons. The average Bonchev–Trinajstić information content (AvgIpc) is 2.19. The molecule has 1 aliphatic heterocycles. The van der Waals surface area contributed by atoms with Gasteiger partial charge in [-0.1, -0.05) is 19.3 Å². The zero-order chi connectivity index (χ0) is 9.86. The largest absolute Gasteiger partial charge is 0.379 e. The molecule has 14 heavy (non-hydrogen) atoms. The standard InChI is InChI=1S/C11H20FNO/c12-11(4-2-1-3-5-11)10-13-6-8-14-9-7-13/h1-10H2. The zero-order valence-electron chi connectivity index (χ0n) is 8.80. The number of hydrogen-bond acceptors (Lipinski definition) is 2. The predicted octanol–water partition coefficient (Wildman–Crippen LogP) is 1.99. The zero-order valence-corrected chi connectivity index (χ0v) is 8.80. The van der Waals surface area contributed by atoms with Gasteiger partial charge in [0.1, 0.15) is 5.67 Å². The van der Waals surface area contributed by atoms with Crippen LogP contribution in [0.1, 0.15) is 32.1 Å². The first kappa shape index (κ1) is 10.4. The van der Waals surface area contributed by atoms with E-state index in [0.29, 0.717) is 6.54 Å². The summed E-state index contributed by atoms with van der Waals surface area (Å²) in [5.41, 5.74) is -0.893. The Morgan fingerprint density at radius 3 is 2.36 bits per heavy atom. The Morgan fingerprint density at radius 1 is 1.07 bits per heavy atom. The summed E-state index contributed by atoms with van der Waals surface area (Å²) in [6, 6.07) is 0. The molecule has 1 heterocycles. The van der Waals surface area contributed by atoms with Crippen molar-refractivity contribution in [3.63, 3.8) is 0 Å². The van der Waals surface area contributed by atoms with Gasteiger partial charge in [0.2, 0.25) is 0 Å². The minimum absolute atomic E-state index is 0.635. The number of rotatable bonds is 2. The van der Waals surface area contributed by atoms with Gasteiger partial charge in [-0.15, -0.1) is 0 Å². The minimum atomic E-state index is -0.893. The van der Waals surface area contributed by atoms with Crippen LogP contribution in [-0.4, -0.2) is 43.4 Å². The van der Waals surface area contributed by atoms with Crippen LogP contribution in [0.25, 0.3) is 0 Å². The summed E-state index contributed by atoms with van der Waals surface area (Å²) in [6.45, 7) is 4.00. The Hall–Kier alpha value is -0.150. The lowest BCUT2D eigenvalue weighted by Gasteiger charge is -2.36. The van der Waals surface area contributed by atoms with Crippen molar-refractivity contribution in [3.05, 3.63) is 0 Å². The molecule has 1 aliphatic carbocycles. The SMILES string of the molecule is FC1(CN2CCOCC2)CCCCC1. The van der Waals surface area contributed by atoms with Crippen LogP contribution in [0.15, 0.2) is 0 Å². The van der Waals surface area contributed by atoms with E-state index in [9.17, 15) is 4.39 Å². The van der Waals surface area contributed by atoms with Crippen LogP contribution >= 0.6 is 0 Å². The number of morpholine rings is 1. The van der Waals surface area contributed by atoms with E-state index in [-0.39, 0.29) is 0 Å². The molecule has 0 atom stereocenters. The Kier molecular flexibility index (Phi) is 3.39. The maximum atomic E-state index is 14.3. The maximum absolute atomic E-state index is 14.3. The second-order valence-corrected chi connectivity index (χ2v) is 4.60. The number of alkyl halides is 1. The normalized spacial score (nSPS) is 28.9. The van der Waals surface area contributed by atoms with E-state index in [1.54, 1.807) is 0 Å². The van der Waals surface area contributed by atoms with Crippen LogP contribution in [0.3, 0.4) is 0 Å². The van der Waals surface area contributed by atoms with Crippen LogP contribution in [0, 0.1) is 0 Å². The highest BCUT2D eigenvalue weighted by atomic mass is 19.1. The molecule has 0 aromatic carbocycles. The number of halogens is 1. The third-order valence-corrected chi connectivity index (χ3v) is 3.36. The summed E-state index contributed by atoms with van der Waals surface area (Å²) in [5, 5.41) is 0. The number of hydrogen-bond donors (Lipinski definition) is 0. The molecule has 0 aromatic rings. The van der Waals surface area contributed by atoms with Gasteiger partial charge in [-0.3, -0.25) is 4.90 Å². The van der Waals surface area contributed by atoms with E-state index in [4.69, 9.17) is 4.74 Å². The summed E-state index contributed by atoms with van der Waals surface area (Å²) >= 11 is 0. The lowest BCUT2D eigenvalue weighted by atomic mass is 9.86. The quantitative estimate of drug-likeness (QED) is 0.677. The molecule has 0 spiro atoms. The molecule has 3 heteroatoms. The Labute approximate surface area is 85.4 Å². The first-order chi connectivity index (χ1) is 6.79. The number of nitrogens with zero attached hydrogens (tertiary/aromatic N) is 1. The van der Waals surface area contributed by atoms with Gasteiger partial charge >= 0.3 is 0 Å². The van der Waals surface area contributed by atoms with Crippen molar-refractivity contribution in [1.29, 1.82) is 0 Å². The van der Waals surface area contributed by atoms with Gasteiger partial charge in [0.25, 0.3) is 0 Å². The van der Waals surface area contributed by atoms with Crippen LogP contribution in [-0.2, 0) is 4.74 Å². The van der Waals surface area contributed by atoms with Crippen LogP contribution < -0.4 is 0 Å².